The van der Waals surface area contributed by atoms with E-state index >= 15 is 0 Å². The second kappa shape index (κ2) is 9.85. The molecule has 0 saturated heterocycles. The first-order chi connectivity index (χ1) is 17.4. The fourth-order valence-corrected chi connectivity index (χ4v) is 5.44. The SMILES string of the molecule is CCc1cccc(C(C)C)c1N=C1C(=Nc2c(CC)cccc2C(C)C)c2cccc3cccc1c23. The van der Waals surface area contributed by atoms with Gasteiger partial charge in [0.05, 0.1) is 22.8 Å². The maximum absolute atomic E-state index is 5.48. The minimum absolute atomic E-state index is 0.393. The van der Waals surface area contributed by atoms with Crippen LogP contribution in [0.5, 0.6) is 0 Å². The summed E-state index contributed by atoms with van der Waals surface area (Å²) in [5, 5.41) is 2.50. The first-order valence-electron chi connectivity index (χ1n) is 13.4. The average Bonchev–Trinajstić information content (AvgIpc) is 3.18. The van der Waals surface area contributed by atoms with Crippen molar-refractivity contribution >= 4 is 33.6 Å². The molecule has 5 rings (SSSR count). The number of rotatable bonds is 6. The molecule has 0 saturated carbocycles. The van der Waals surface area contributed by atoms with Crippen LogP contribution in [0.1, 0.15) is 86.8 Å². The highest BCUT2D eigenvalue weighted by molar-refractivity contribution is 6.61. The zero-order valence-electron chi connectivity index (χ0n) is 22.4. The standard InChI is InChI=1S/C34H36N2/c1-7-23-13-9-17-26(21(3)4)31(23)35-33-28-19-11-15-25-16-12-20-29(30(25)28)34(33)36-32-24(8-2)14-10-18-27(32)22(5)6/h9-22H,7-8H2,1-6H3. The van der Waals surface area contributed by atoms with E-state index in [1.165, 1.54) is 44.2 Å². The third kappa shape index (κ3) is 4.09. The monoisotopic (exact) mass is 472 g/mol. The lowest BCUT2D eigenvalue weighted by atomic mass is 9.96. The van der Waals surface area contributed by atoms with Gasteiger partial charge in [-0.25, -0.2) is 9.98 Å². The maximum Gasteiger partial charge on any atom is 0.0979 e. The van der Waals surface area contributed by atoms with Crippen molar-refractivity contribution in [3.05, 3.63) is 106 Å². The summed E-state index contributed by atoms with van der Waals surface area (Å²) >= 11 is 0. The Morgan fingerprint density at radius 1 is 0.556 bits per heavy atom. The molecule has 0 aliphatic heterocycles. The van der Waals surface area contributed by atoms with Gasteiger partial charge in [-0.2, -0.15) is 0 Å². The Bertz CT molecular complexity index is 1390. The van der Waals surface area contributed by atoms with E-state index in [0.29, 0.717) is 11.8 Å². The second-order valence-electron chi connectivity index (χ2n) is 10.4. The topological polar surface area (TPSA) is 24.7 Å². The Morgan fingerprint density at radius 3 is 1.36 bits per heavy atom. The number of nitrogens with zero attached hydrogens (tertiary/aromatic N) is 2. The Balaban J connectivity index is 1.86. The fraction of sp³-hybridized carbons (Fsp3) is 0.294. The smallest absolute Gasteiger partial charge is 0.0979 e. The molecule has 0 fully saturated rings. The zero-order valence-corrected chi connectivity index (χ0v) is 22.4. The summed E-state index contributed by atoms with van der Waals surface area (Å²) in [4.78, 5) is 11.0. The van der Waals surface area contributed by atoms with E-state index in [1.807, 2.05) is 0 Å². The lowest BCUT2D eigenvalue weighted by Gasteiger charge is -2.16. The van der Waals surface area contributed by atoms with Gasteiger partial charge in [-0.15, -0.1) is 0 Å². The van der Waals surface area contributed by atoms with Crippen LogP contribution in [-0.4, -0.2) is 11.4 Å². The summed E-state index contributed by atoms with van der Waals surface area (Å²) in [6.45, 7) is 13.4. The van der Waals surface area contributed by atoms with Crippen molar-refractivity contribution in [3.8, 4) is 0 Å². The molecule has 0 radical (unpaired) electrons. The van der Waals surface area contributed by atoms with Crippen LogP contribution in [-0.2, 0) is 12.8 Å². The summed E-state index contributed by atoms with van der Waals surface area (Å²) in [5.41, 5.74) is 11.7. The minimum Gasteiger partial charge on any atom is -0.246 e. The van der Waals surface area contributed by atoms with Crippen molar-refractivity contribution in [3.63, 3.8) is 0 Å². The summed E-state index contributed by atoms with van der Waals surface area (Å²) in [6, 6.07) is 26.3. The number of hydrogen-bond donors (Lipinski definition) is 0. The number of para-hydroxylation sites is 2. The molecule has 2 nitrogen and oxygen atoms in total. The van der Waals surface area contributed by atoms with E-state index in [0.717, 1.165) is 35.6 Å². The van der Waals surface area contributed by atoms with Crippen LogP contribution in [0.15, 0.2) is 82.8 Å². The number of benzene rings is 4. The summed E-state index contributed by atoms with van der Waals surface area (Å²) in [7, 11) is 0. The first kappa shape index (κ1) is 24.2. The van der Waals surface area contributed by atoms with Crippen LogP contribution >= 0.6 is 0 Å². The molecule has 0 atom stereocenters. The molecule has 36 heavy (non-hydrogen) atoms. The second-order valence-corrected chi connectivity index (χ2v) is 10.4. The van der Waals surface area contributed by atoms with Crippen molar-refractivity contribution in [1.29, 1.82) is 0 Å². The molecule has 0 aromatic heterocycles. The molecule has 1 aliphatic rings. The van der Waals surface area contributed by atoms with Gasteiger partial charge in [0, 0.05) is 16.5 Å². The van der Waals surface area contributed by atoms with Crippen LogP contribution < -0.4 is 0 Å². The van der Waals surface area contributed by atoms with Gasteiger partial charge in [-0.1, -0.05) is 114 Å². The quantitative estimate of drug-likeness (QED) is 0.267. The Morgan fingerprint density at radius 2 is 0.972 bits per heavy atom. The lowest BCUT2D eigenvalue weighted by Crippen LogP contribution is -2.11. The average molecular weight is 473 g/mol. The predicted octanol–water partition coefficient (Wildman–Crippen LogP) is 9.47. The molecule has 0 heterocycles. The van der Waals surface area contributed by atoms with E-state index in [1.54, 1.807) is 0 Å². The molecular formula is C34H36N2. The third-order valence-electron chi connectivity index (χ3n) is 7.39. The molecule has 1 aliphatic carbocycles. The first-order valence-corrected chi connectivity index (χ1v) is 13.4. The summed E-state index contributed by atoms with van der Waals surface area (Å²) < 4.78 is 0. The van der Waals surface area contributed by atoms with Crippen molar-refractivity contribution in [2.24, 2.45) is 9.98 Å². The van der Waals surface area contributed by atoms with Crippen LogP contribution in [0, 0.1) is 0 Å². The molecule has 4 aromatic rings. The molecule has 0 unspecified atom stereocenters. The largest absolute Gasteiger partial charge is 0.246 e. The van der Waals surface area contributed by atoms with Gasteiger partial charge in [0.2, 0.25) is 0 Å². The highest BCUT2D eigenvalue weighted by Gasteiger charge is 2.28. The Kier molecular flexibility index (Phi) is 6.62. The maximum atomic E-state index is 5.48. The zero-order chi connectivity index (χ0) is 25.4. The van der Waals surface area contributed by atoms with Crippen LogP contribution in [0.25, 0.3) is 10.8 Å². The highest BCUT2D eigenvalue weighted by Crippen LogP contribution is 2.39. The van der Waals surface area contributed by atoms with Gasteiger partial charge < -0.3 is 0 Å². The summed E-state index contributed by atoms with van der Waals surface area (Å²) in [5.74, 6) is 0.786. The lowest BCUT2D eigenvalue weighted by molar-refractivity contribution is 0.862. The number of aliphatic imine (C=N–C) groups is 2. The molecule has 0 bridgehead atoms. The van der Waals surface area contributed by atoms with Gasteiger partial charge in [-0.05, 0) is 52.3 Å². The van der Waals surface area contributed by atoms with Gasteiger partial charge in [0.1, 0.15) is 0 Å². The molecule has 0 N–H and O–H groups in total. The van der Waals surface area contributed by atoms with Crippen molar-refractivity contribution in [1.82, 2.24) is 0 Å². The van der Waals surface area contributed by atoms with Crippen molar-refractivity contribution in [2.75, 3.05) is 0 Å². The van der Waals surface area contributed by atoms with Crippen LogP contribution in [0.4, 0.5) is 11.4 Å². The van der Waals surface area contributed by atoms with Crippen molar-refractivity contribution in [2.45, 2.75) is 66.2 Å². The Hall–Kier alpha value is -3.52. The fourth-order valence-electron chi connectivity index (χ4n) is 5.44. The third-order valence-corrected chi connectivity index (χ3v) is 7.39. The molecule has 4 aromatic carbocycles. The molecule has 182 valence electrons. The van der Waals surface area contributed by atoms with Crippen molar-refractivity contribution < 1.29 is 0 Å². The number of aryl methyl sites for hydroxylation is 2. The van der Waals surface area contributed by atoms with Crippen LogP contribution in [0.3, 0.4) is 0 Å². The van der Waals surface area contributed by atoms with E-state index in [-0.39, 0.29) is 0 Å². The van der Waals surface area contributed by atoms with Crippen LogP contribution in [0.2, 0.25) is 0 Å². The minimum atomic E-state index is 0.393. The summed E-state index contributed by atoms with van der Waals surface area (Å²) in [6.07, 6.45) is 1.90. The van der Waals surface area contributed by atoms with E-state index in [4.69, 9.17) is 9.98 Å². The van der Waals surface area contributed by atoms with Gasteiger partial charge >= 0.3 is 0 Å². The van der Waals surface area contributed by atoms with Gasteiger partial charge in [0.15, 0.2) is 0 Å². The normalized spacial score (nSPS) is 15.2. The molecule has 0 amide bonds. The van der Waals surface area contributed by atoms with E-state index in [9.17, 15) is 0 Å². The Labute approximate surface area is 215 Å². The van der Waals surface area contributed by atoms with Gasteiger partial charge in [-0.3, -0.25) is 0 Å². The van der Waals surface area contributed by atoms with E-state index < -0.39 is 0 Å². The van der Waals surface area contributed by atoms with Gasteiger partial charge in [0.25, 0.3) is 0 Å². The van der Waals surface area contributed by atoms with E-state index in [2.05, 4.69) is 114 Å². The highest BCUT2D eigenvalue weighted by atomic mass is 14.8. The molecular weight excluding hydrogens is 436 g/mol. The molecule has 2 heteroatoms. The predicted molar refractivity (Wildman–Crippen MR) is 156 cm³/mol. The molecule has 0 spiro atoms. The number of hydrogen-bond acceptors (Lipinski definition) is 2.